The monoisotopic (exact) mass is 445 g/mol. The summed E-state index contributed by atoms with van der Waals surface area (Å²) in [7, 11) is 3.06. The number of thioether (sulfide) groups is 1. The zero-order chi connectivity index (χ0) is 22.8. The van der Waals surface area contributed by atoms with Gasteiger partial charge in [0.15, 0.2) is 5.17 Å². The lowest BCUT2D eigenvalue weighted by Crippen LogP contribution is -2.23. The number of amidine groups is 1. The number of fused-ring (bicyclic) bond motifs is 1. The first-order valence-corrected chi connectivity index (χ1v) is 10.9. The molecule has 1 aliphatic heterocycles. The molecule has 1 saturated heterocycles. The van der Waals surface area contributed by atoms with Gasteiger partial charge in [-0.2, -0.15) is 0 Å². The van der Waals surface area contributed by atoms with E-state index in [1.54, 1.807) is 36.2 Å². The number of esters is 1. The van der Waals surface area contributed by atoms with Gasteiger partial charge in [0, 0.05) is 35.8 Å². The van der Waals surface area contributed by atoms with Crippen LogP contribution in [0.1, 0.15) is 21.6 Å². The van der Waals surface area contributed by atoms with Crippen molar-refractivity contribution in [3.8, 4) is 0 Å². The van der Waals surface area contributed by atoms with E-state index in [1.165, 1.54) is 18.9 Å². The summed E-state index contributed by atoms with van der Waals surface area (Å²) >= 11 is 1.34. The molecule has 6 nitrogen and oxygen atoms in total. The van der Waals surface area contributed by atoms with Crippen molar-refractivity contribution in [1.29, 1.82) is 0 Å². The highest BCUT2D eigenvalue weighted by Crippen LogP contribution is 2.36. The van der Waals surface area contributed by atoms with Crippen LogP contribution in [-0.4, -0.2) is 40.7 Å². The van der Waals surface area contributed by atoms with Crippen LogP contribution in [0.2, 0.25) is 0 Å². The Labute approximate surface area is 190 Å². The predicted molar refractivity (Wildman–Crippen MR) is 130 cm³/mol. The van der Waals surface area contributed by atoms with Gasteiger partial charge in [-0.05, 0) is 55.1 Å². The first-order valence-electron chi connectivity index (χ1n) is 10.1. The van der Waals surface area contributed by atoms with E-state index in [4.69, 9.17) is 4.74 Å². The summed E-state index contributed by atoms with van der Waals surface area (Å²) in [5.41, 5.74) is 4.32. The van der Waals surface area contributed by atoms with E-state index in [9.17, 15) is 9.59 Å². The van der Waals surface area contributed by atoms with Gasteiger partial charge in [-0.1, -0.05) is 24.3 Å². The van der Waals surface area contributed by atoms with Crippen LogP contribution in [-0.2, 0) is 16.1 Å². The normalized spacial score (nSPS) is 16.3. The van der Waals surface area contributed by atoms with Crippen LogP contribution in [0, 0.1) is 6.92 Å². The lowest BCUT2D eigenvalue weighted by atomic mass is 10.1. The fraction of sp³-hybridized carbons (Fsp3) is 0.160. The van der Waals surface area contributed by atoms with Crippen LogP contribution in [0.4, 0.5) is 5.69 Å². The van der Waals surface area contributed by atoms with Crippen LogP contribution < -0.4 is 0 Å². The van der Waals surface area contributed by atoms with Crippen LogP contribution >= 0.6 is 11.8 Å². The molecule has 0 atom stereocenters. The van der Waals surface area contributed by atoms with Crippen molar-refractivity contribution in [2.45, 2.75) is 13.5 Å². The van der Waals surface area contributed by atoms with Crippen LogP contribution in [0.15, 0.2) is 71.1 Å². The molecule has 1 aliphatic rings. The van der Waals surface area contributed by atoms with Crippen LogP contribution in [0.25, 0.3) is 17.0 Å². The SMILES string of the molecule is C=CCn1c(C)c(C=C2SC(=Nc3ccc(C(=O)OC)cc3)N(C)C2=O)c2ccccc21. The number of methoxy groups -OCH3 is 1. The summed E-state index contributed by atoms with van der Waals surface area (Å²) in [6, 6.07) is 14.9. The van der Waals surface area contributed by atoms with Crippen molar-refractivity contribution in [2.24, 2.45) is 4.99 Å². The summed E-state index contributed by atoms with van der Waals surface area (Å²) in [6.07, 6.45) is 3.82. The van der Waals surface area contributed by atoms with Gasteiger partial charge < -0.3 is 9.30 Å². The van der Waals surface area contributed by atoms with Gasteiger partial charge in [0.2, 0.25) is 0 Å². The van der Waals surface area contributed by atoms with E-state index in [1.807, 2.05) is 24.3 Å². The van der Waals surface area contributed by atoms with Crippen molar-refractivity contribution in [3.63, 3.8) is 0 Å². The van der Waals surface area contributed by atoms with Gasteiger partial charge in [-0.3, -0.25) is 9.69 Å². The molecule has 3 aromatic rings. The van der Waals surface area contributed by atoms with E-state index in [0.29, 0.717) is 27.9 Å². The van der Waals surface area contributed by atoms with Gasteiger partial charge in [-0.15, -0.1) is 6.58 Å². The molecule has 0 radical (unpaired) electrons. The minimum Gasteiger partial charge on any atom is -0.465 e. The number of ether oxygens (including phenoxy) is 1. The quantitative estimate of drug-likeness (QED) is 0.309. The zero-order valence-corrected chi connectivity index (χ0v) is 19.0. The standard InChI is InChI=1S/C25H23N3O3S/c1-5-14-28-16(2)20(19-8-6-7-9-21(19)28)15-22-23(29)27(3)25(32-22)26-18-12-10-17(11-13-18)24(30)31-4/h5-13,15H,1,14H2,2-4H3. The Morgan fingerprint density at radius 2 is 1.91 bits per heavy atom. The molecule has 0 spiro atoms. The second-order valence-corrected chi connectivity index (χ2v) is 8.33. The maximum absolute atomic E-state index is 12.9. The number of nitrogens with zero attached hydrogens (tertiary/aromatic N) is 3. The number of benzene rings is 2. The molecule has 0 saturated carbocycles. The fourth-order valence-electron chi connectivity index (χ4n) is 3.69. The molecule has 2 heterocycles. The van der Waals surface area contributed by atoms with Gasteiger partial charge in [0.25, 0.3) is 5.91 Å². The number of para-hydroxylation sites is 1. The fourth-order valence-corrected chi connectivity index (χ4v) is 4.66. The van der Waals surface area contributed by atoms with Crippen molar-refractivity contribution in [3.05, 3.63) is 82.9 Å². The molecule has 0 N–H and O–H groups in total. The molecule has 162 valence electrons. The summed E-state index contributed by atoms with van der Waals surface area (Å²) in [4.78, 5) is 31.3. The number of hydrogen-bond donors (Lipinski definition) is 0. The molecule has 2 aromatic carbocycles. The van der Waals surface area contributed by atoms with Crippen molar-refractivity contribution in [2.75, 3.05) is 14.2 Å². The Hall–Kier alpha value is -3.58. The summed E-state index contributed by atoms with van der Waals surface area (Å²) < 4.78 is 6.92. The molecule has 4 rings (SSSR count). The minimum absolute atomic E-state index is 0.0973. The number of aromatic nitrogens is 1. The Morgan fingerprint density at radius 1 is 1.19 bits per heavy atom. The molecule has 0 unspecified atom stereocenters. The minimum atomic E-state index is -0.400. The molecule has 0 aliphatic carbocycles. The van der Waals surface area contributed by atoms with Gasteiger partial charge >= 0.3 is 5.97 Å². The largest absolute Gasteiger partial charge is 0.465 e. The molecule has 1 amide bonds. The number of likely N-dealkylation sites (N-methyl/N-ethyl adjacent to an activating group) is 1. The number of amides is 1. The molecule has 1 aromatic heterocycles. The number of carbonyl (C=O) groups excluding carboxylic acids is 2. The highest BCUT2D eigenvalue weighted by atomic mass is 32.2. The summed E-state index contributed by atoms with van der Waals surface area (Å²) in [5.74, 6) is -0.497. The average molecular weight is 446 g/mol. The number of carbonyl (C=O) groups is 2. The Bertz CT molecular complexity index is 1290. The van der Waals surface area contributed by atoms with E-state index in [0.717, 1.165) is 22.2 Å². The van der Waals surface area contributed by atoms with Crippen molar-refractivity contribution in [1.82, 2.24) is 9.47 Å². The highest BCUT2D eigenvalue weighted by molar-refractivity contribution is 8.18. The van der Waals surface area contributed by atoms with E-state index >= 15 is 0 Å². The van der Waals surface area contributed by atoms with E-state index < -0.39 is 5.97 Å². The molecule has 0 bridgehead atoms. The van der Waals surface area contributed by atoms with Crippen molar-refractivity contribution >= 4 is 51.5 Å². The lowest BCUT2D eigenvalue weighted by molar-refractivity contribution is -0.121. The first kappa shape index (κ1) is 21.6. The van der Waals surface area contributed by atoms with Crippen LogP contribution in [0.3, 0.4) is 0 Å². The summed E-state index contributed by atoms with van der Waals surface area (Å²) in [6.45, 7) is 6.62. The molecule has 32 heavy (non-hydrogen) atoms. The molecule has 1 fully saturated rings. The van der Waals surface area contributed by atoms with E-state index in [2.05, 4.69) is 35.2 Å². The Morgan fingerprint density at radius 3 is 2.59 bits per heavy atom. The third kappa shape index (κ3) is 3.87. The second-order valence-electron chi connectivity index (χ2n) is 7.32. The van der Waals surface area contributed by atoms with Crippen molar-refractivity contribution < 1.29 is 14.3 Å². The van der Waals surface area contributed by atoms with Gasteiger partial charge in [0.05, 0.1) is 23.3 Å². The third-order valence-electron chi connectivity index (χ3n) is 5.38. The maximum Gasteiger partial charge on any atom is 0.337 e. The van der Waals surface area contributed by atoms with Gasteiger partial charge in [-0.25, -0.2) is 9.79 Å². The molecule has 7 heteroatoms. The summed E-state index contributed by atoms with van der Waals surface area (Å²) in [5, 5.41) is 1.68. The Balaban J connectivity index is 1.69. The number of aliphatic imine (C=N–C) groups is 1. The maximum atomic E-state index is 12.9. The molecular weight excluding hydrogens is 422 g/mol. The number of hydrogen-bond acceptors (Lipinski definition) is 5. The smallest absolute Gasteiger partial charge is 0.337 e. The van der Waals surface area contributed by atoms with E-state index in [-0.39, 0.29) is 5.91 Å². The topological polar surface area (TPSA) is 63.9 Å². The third-order valence-corrected chi connectivity index (χ3v) is 6.44. The lowest BCUT2D eigenvalue weighted by Gasteiger charge is -2.07. The predicted octanol–water partition coefficient (Wildman–Crippen LogP) is 5.16. The van der Waals surface area contributed by atoms with Gasteiger partial charge in [0.1, 0.15) is 0 Å². The molecular formula is C25H23N3O3S. The number of rotatable bonds is 5. The first-order chi connectivity index (χ1) is 15.4. The Kier molecular flexibility index (Phi) is 6.01. The second kappa shape index (κ2) is 8.88. The van der Waals surface area contributed by atoms with Crippen LogP contribution in [0.5, 0.6) is 0 Å². The zero-order valence-electron chi connectivity index (χ0n) is 18.2. The highest BCUT2D eigenvalue weighted by Gasteiger charge is 2.31. The average Bonchev–Trinajstić information content (AvgIpc) is 3.23. The number of allylic oxidation sites excluding steroid dienone is 1.